The van der Waals surface area contributed by atoms with Gasteiger partial charge in [-0.3, -0.25) is 10.6 Å². The Hall–Kier alpha value is -1.89. The third-order valence-electron chi connectivity index (χ3n) is 4.06. The summed E-state index contributed by atoms with van der Waals surface area (Å²) in [5, 5.41) is 1.40. The average molecular weight is 386 g/mol. The lowest BCUT2D eigenvalue weighted by atomic mass is 10.2. The minimum atomic E-state index is 0.417. The third kappa shape index (κ3) is 5.06. The molecule has 2 aliphatic rings. The maximum absolute atomic E-state index is 10.2. The number of fused-ring (bicyclic) bond motifs is 3. The van der Waals surface area contributed by atoms with Gasteiger partial charge in [-0.2, -0.15) is 11.8 Å². The molecule has 2 aromatic carbocycles. The van der Waals surface area contributed by atoms with E-state index in [0.29, 0.717) is 5.78 Å². The summed E-state index contributed by atoms with van der Waals surface area (Å²) < 4.78 is 0. The number of hydrogen-bond donors (Lipinski definition) is 3. The molecule has 2 aliphatic heterocycles. The largest absolute Gasteiger partial charge is 0.357 e. The van der Waals surface area contributed by atoms with Crippen LogP contribution in [0.25, 0.3) is 10.9 Å². The van der Waals surface area contributed by atoms with Gasteiger partial charge in [0.15, 0.2) is 0 Å². The normalized spacial score (nSPS) is 14.9. The fourth-order valence-corrected chi connectivity index (χ4v) is 4.81. The number of aryl methyl sites for hydroxylation is 1. The Morgan fingerprint density at radius 2 is 1.73 bits per heavy atom. The van der Waals surface area contributed by atoms with Gasteiger partial charge in [0.1, 0.15) is 5.78 Å². The molecule has 0 spiro atoms. The summed E-state index contributed by atoms with van der Waals surface area (Å²) >= 11 is 3.71. The van der Waals surface area contributed by atoms with E-state index < -0.39 is 0 Å². The van der Waals surface area contributed by atoms with Crippen molar-refractivity contribution in [1.29, 1.82) is 0 Å². The molecule has 1 aromatic heterocycles. The zero-order valence-corrected chi connectivity index (χ0v) is 16.2. The topological polar surface area (TPSA) is 70.9 Å². The molecule has 5 rings (SSSR count). The number of carbonyl (C=O) groups excluding carboxylic acids is 1. The molecule has 136 valence electrons. The zero-order chi connectivity index (χ0) is 18.2. The summed E-state index contributed by atoms with van der Waals surface area (Å²) in [5.74, 6) is 8.58. The highest BCUT2D eigenvalue weighted by atomic mass is 32.2. The molecule has 0 amide bonds. The first-order valence-electron chi connectivity index (χ1n) is 8.61. The molecule has 3 aromatic rings. The van der Waals surface area contributed by atoms with Crippen LogP contribution in [0.2, 0.25) is 0 Å². The van der Waals surface area contributed by atoms with Crippen molar-refractivity contribution in [2.45, 2.75) is 17.7 Å². The van der Waals surface area contributed by atoms with Crippen LogP contribution in [0.5, 0.6) is 0 Å². The molecule has 0 saturated carbocycles. The van der Waals surface area contributed by atoms with E-state index in [0.717, 1.165) is 23.6 Å². The minimum Gasteiger partial charge on any atom is -0.357 e. The maximum Gasteiger partial charge on any atom is 0.143 e. The number of anilines is 1. The van der Waals surface area contributed by atoms with Gasteiger partial charge in [0.05, 0.1) is 5.75 Å². The van der Waals surface area contributed by atoms with E-state index in [1.807, 2.05) is 42.1 Å². The monoisotopic (exact) mass is 385 g/mol. The molecule has 3 heterocycles. The van der Waals surface area contributed by atoms with E-state index in [-0.39, 0.29) is 0 Å². The predicted octanol–water partition coefficient (Wildman–Crippen LogP) is 4.48. The number of Topliss-reactive ketones (excluding diaryl/α,β-unsaturated/α-hetero) is 1. The number of rotatable bonds is 1. The lowest BCUT2D eigenvalue weighted by molar-refractivity contribution is -0.115. The Morgan fingerprint density at radius 1 is 0.962 bits per heavy atom. The van der Waals surface area contributed by atoms with Gasteiger partial charge in [-0.25, -0.2) is 0 Å². The van der Waals surface area contributed by atoms with E-state index >= 15 is 0 Å². The van der Waals surface area contributed by atoms with E-state index in [1.54, 1.807) is 11.8 Å². The molecule has 0 radical (unpaired) electrons. The number of nitrogen functional groups attached to an aromatic ring is 1. The summed E-state index contributed by atoms with van der Waals surface area (Å²) in [5.41, 5.74) is 6.18. The number of nitrogens with one attached hydrogen (secondary N) is 2. The molecule has 4 N–H and O–H groups in total. The molecule has 0 aliphatic carbocycles. The van der Waals surface area contributed by atoms with Crippen molar-refractivity contribution in [2.75, 3.05) is 22.7 Å². The van der Waals surface area contributed by atoms with Gasteiger partial charge in [-0.05, 0) is 24.6 Å². The second-order valence-corrected chi connectivity index (χ2v) is 8.14. The van der Waals surface area contributed by atoms with E-state index in [2.05, 4.69) is 34.7 Å². The third-order valence-corrected chi connectivity index (χ3v) is 6.24. The van der Waals surface area contributed by atoms with Crippen molar-refractivity contribution >= 4 is 45.9 Å². The number of hydrazine groups is 1. The second-order valence-electron chi connectivity index (χ2n) is 5.93. The van der Waals surface area contributed by atoms with Crippen molar-refractivity contribution in [1.82, 2.24) is 4.98 Å². The number of hydrogen-bond acceptors (Lipinski definition) is 5. The van der Waals surface area contributed by atoms with Crippen LogP contribution in [0.4, 0.5) is 5.69 Å². The Kier molecular flexibility index (Phi) is 7.05. The highest BCUT2D eigenvalue weighted by Crippen LogP contribution is 2.37. The number of H-pyrrole nitrogens is 1. The summed E-state index contributed by atoms with van der Waals surface area (Å²) in [6.45, 7) is 0. The number of benzene rings is 2. The van der Waals surface area contributed by atoms with E-state index in [1.165, 1.54) is 33.7 Å². The van der Waals surface area contributed by atoms with Crippen molar-refractivity contribution in [3.63, 3.8) is 0 Å². The van der Waals surface area contributed by atoms with Crippen LogP contribution in [0, 0.1) is 0 Å². The van der Waals surface area contributed by atoms with Crippen molar-refractivity contribution in [3.05, 3.63) is 60.3 Å². The average Bonchev–Trinajstić information content (AvgIpc) is 3.41. The Balaban J connectivity index is 0.000000122. The molecule has 1 saturated heterocycles. The molecule has 0 bridgehead atoms. The Labute approximate surface area is 162 Å². The Morgan fingerprint density at radius 3 is 2.35 bits per heavy atom. The molecular weight excluding hydrogens is 362 g/mol. The van der Waals surface area contributed by atoms with Crippen LogP contribution >= 0.6 is 23.5 Å². The van der Waals surface area contributed by atoms with Crippen LogP contribution in [0.1, 0.15) is 12.1 Å². The molecule has 0 atom stereocenters. The molecule has 1 fully saturated rings. The summed E-state index contributed by atoms with van der Waals surface area (Å²) in [6.07, 6.45) is 2.01. The van der Waals surface area contributed by atoms with Crippen molar-refractivity contribution < 1.29 is 4.79 Å². The maximum atomic E-state index is 10.2. The van der Waals surface area contributed by atoms with Gasteiger partial charge in [0.2, 0.25) is 0 Å². The van der Waals surface area contributed by atoms with Gasteiger partial charge < -0.3 is 10.4 Å². The minimum absolute atomic E-state index is 0.417. The second kappa shape index (κ2) is 9.71. The standard InChI is InChI=1S/C10H9NS.C6H8N2.C4H6OS/c1-2-4-8-7(3-1)10-9(11-8)5-6-12-10;7-8-6-4-2-1-3-5-6;5-4-1-2-6-3-4/h1-4,11H,5-6H2;1-5,8H,7H2;1-3H2. The fourth-order valence-electron chi connectivity index (χ4n) is 2.75. The molecular formula is C20H23N3OS2. The van der Waals surface area contributed by atoms with Gasteiger partial charge in [0, 0.05) is 45.1 Å². The number of aromatic nitrogens is 1. The smallest absolute Gasteiger partial charge is 0.143 e. The van der Waals surface area contributed by atoms with Crippen LogP contribution in [-0.2, 0) is 11.2 Å². The highest BCUT2D eigenvalue weighted by Gasteiger charge is 2.16. The Bertz CT molecular complexity index is 841. The highest BCUT2D eigenvalue weighted by molar-refractivity contribution is 8.00. The SMILES string of the molecule is NNc1ccccc1.O=C1CCSC1.c1ccc2c3c([nH]c2c1)CCS3. The van der Waals surface area contributed by atoms with Crippen LogP contribution in [0.15, 0.2) is 59.5 Å². The number of para-hydroxylation sites is 2. The van der Waals surface area contributed by atoms with Crippen LogP contribution in [-0.4, -0.2) is 28.0 Å². The number of nitrogens with two attached hydrogens (primary N) is 1. The van der Waals surface area contributed by atoms with Crippen molar-refractivity contribution in [2.24, 2.45) is 5.84 Å². The lowest BCUT2D eigenvalue weighted by Crippen LogP contribution is -2.05. The molecule has 4 nitrogen and oxygen atoms in total. The molecule has 0 unspecified atom stereocenters. The van der Waals surface area contributed by atoms with Gasteiger partial charge in [-0.1, -0.05) is 36.4 Å². The number of aromatic amines is 1. The number of ketones is 1. The van der Waals surface area contributed by atoms with Gasteiger partial charge >= 0.3 is 0 Å². The summed E-state index contributed by atoms with van der Waals surface area (Å²) in [4.78, 5) is 15.2. The first-order chi connectivity index (χ1) is 12.8. The summed E-state index contributed by atoms with van der Waals surface area (Å²) in [7, 11) is 0. The van der Waals surface area contributed by atoms with E-state index in [4.69, 9.17) is 5.84 Å². The summed E-state index contributed by atoms with van der Waals surface area (Å²) in [6, 6.07) is 18.1. The predicted molar refractivity (Wildman–Crippen MR) is 114 cm³/mol. The quantitative estimate of drug-likeness (QED) is 0.425. The van der Waals surface area contributed by atoms with E-state index in [9.17, 15) is 4.79 Å². The van der Waals surface area contributed by atoms with Crippen LogP contribution in [0.3, 0.4) is 0 Å². The number of thioether (sulfide) groups is 2. The first-order valence-corrected chi connectivity index (χ1v) is 10.8. The molecule has 6 heteroatoms. The first kappa shape index (κ1) is 18.9. The number of carbonyl (C=O) groups is 1. The van der Waals surface area contributed by atoms with Gasteiger partial charge in [-0.15, -0.1) is 11.8 Å². The lowest BCUT2D eigenvalue weighted by Gasteiger charge is -1.94. The van der Waals surface area contributed by atoms with Crippen molar-refractivity contribution in [3.8, 4) is 0 Å². The van der Waals surface area contributed by atoms with Crippen LogP contribution < -0.4 is 11.3 Å². The zero-order valence-electron chi connectivity index (χ0n) is 14.5. The fraction of sp³-hybridized carbons (Fsp3) is 0.250. The van der Waals surface area contributed by atoms with Gasteiger partial charge in [0.25, 0.3) is 0 Å². The molecule has 26 heavy (non-hydrogen) atoms.